The van der Waals surface area contributed by atoms with E-state index in [-0.39, 0.29) is 0 Å². The molecule has 13 heavy (non-hydrogen) atoms. The highest BCUT2D eigenvalue weighted by atomic mass is 79.9. The van der Waals surface area contributed by atoms with Gasteiger partial charge in [0.05, 0.1) is 10.0 Å². The van der Waals surface area contributed by atoms with Crippen molar-refractivity contribution in [1.29, 1.82) is 0 Å². The maximum Gasteiger partial charge on any atom is 0.0639 e. The quantitative estimate of drug-likeness (QED) is 0.539. The Bertz CT molecular complexity index is 323. The predicted molar refractivity (Wildman–Crippen MR) is 63.7 cm³/mol. The lowest BCUT2D eigenvalue weighted by Gasteiger charge is -2.08. The summed E-state index contributed by atoms with van der Waals surface area (Å²) in [5, 5.41) is 2.70. The summed E-state index contributed by atoms with van der Waals surface area (Å²) >= 11 is 21.3. The molecule has 0 aromatic heterocycles. The molecule has 0 nitrogen and oxygen atoms in total. The summed E-state index contributed by atoms with van der Waals surface area (Å²) in [5.41, 5.74) is 1.82. The monoisotopic (exact) mass is 300 g/mol. The van der Waals surface area contributed by atoms with Gasteiger partial charge in [-0.1, -0.05) is 50.7 Å². The van der Waals surface area contributed by atoms with Crippen molar-refractivity contribution in [2.45, 2.75) is 13.3 Å². The molecule has 0 N–H and O–H groups in total. The van der Waals surface area contributed by atoms with Gasteiger partial charge in [0.2, 0.25) is 0 Å². The van der Waals surface area contributed by atoms with E-state index in [2.05, 4.69) is 15.9 Å². The minimum atomic E-state index is 0.560. The molecule has 0 unspecified atom stereocenters. The van der Waals surface area contributed by atoms with Crippen molar-refractivity contribution in [1.82, 2.24) is 0 Å². The van der Waals surface area contributed by atoms with E-state index >= 15 is 0 Å². The average molecular weight is 302 g/mol. The molecule has 0 aliphatic carbocycles. The Balaban J connectivity index is 3.24. The van der Waals surface area contributed by atoms with Gasteiger partial charge in [0, 0.05) is 10.4 Å². The number of hydrogen-bond acceptors (Lipinski definition) is 0. The topological polar surface area (TPSA) is 0 Å². The molecule has 1 aromatic rings. The van der Waals surface area contributed by atoms with Gasteiger partial charge in [-0.3, -0.25) is 0 Å². The summed E-state index contributed by atoms with van der Waals surface area (Å²) in [6.07, 6.45) is 0.832. The van der Waals surface area contributed by atoms with Gasteiger partial charge < -0.3 is 0 Å². The lowest BCUT2D eigenvalue weighted by molar-refractivity contribution is 1.16. The van der Waals surface area contributed by atoms with E-state index < -0.39 is 0 Å². The normalized spacial score (nSPS) is 10.5. The Morgan fingerprint density at radius 3 is 2.38 bits per heavy atom. The molecule has 4 heteroatoms. The Labute approximate surface area is 101 Å². The van der Waals surface area contributed by atoms with Gasteiger partial charge in [0.15, 0.2) is 0 Å². The van der Waals surface area contributed by atoms with Crippen LogP contribution in [-0.2, 0) is 6.42 Å². The van der Waals surface area contributed by atoms with Gasteiger partial charge in [-0.25, -0.2) is 0 Å². The van der Waals surface area contributed by atoms with Crippen LogP contribution in [0.15, 0.2) is 6.07 Å². The molecule has 0 amide bonds. The minimum absolute atomic E-state index is 0.560. The first-order valence-corrected chi connectivity index (χ1v) is 6.02. The van der Waals surface area contributed by atoms with Crippen LogP contribution < -0.4 is 0 Å². The molecule has 0 heterocycles. The van der Waals surface area contributed by atoms with Crippen molar-refractivity contribution < 1.29 is 0 Å². The first kappa shape index (κ1) is 11.6. The number of rotatable bonds is 2. The zero-order valence-corrected chi connectivity index (χ0v) is 10.9. The number of hydrogen-bond donors (Lipinski definition) is 0. The molecule has 0 bridgehead atoms. The van der Waals surface area contributed by atoms with Gasteiger partial charge in [0.25, 0.3) is 0 Å². The summed E-state index contributed by atoms with van der Waals surface area (Å²) in [7, 11) is 0. The Morgan fingerprint density at radius 1 is 1.23 bits per heavy atom. The van der Waals surface area contributed by atoms with E-state index in [1.54, 1.807) is 0 Å². The third-order valence-corrected chi connectivity index (χ3v) is 3.62. The Kier molecular flexibility index (Phi) is 4.37. The third kappa shape index (κ3) is 2.53. The molecule has 0 saturated carbocycles. The highest BCUT2D eigenvalue weighted by molar-refractivity contribution is 9.09. The van der Waals surface area contributed by atoms with Crippen molar-refractivity contribution in [2.75, 3.05) is 5.33 Å². The number of aryl methyl sites for hydroxylation is 1. The molecule has 0 atom stereocenters. The Hall–Kier alpha value is 0.570. The fraction of sp³-hybridized carbons (Fsp3) is 0.333. The molecular weight excluding hydrogens is 294 g/mol. The molecule has 0 radical (unpaired) electrons. The molecule has 0 aliphatic heterocycles. The van der Waals surface area contributed by atoms with Gasteiger partial charge in [-0.2, -0.15) is 0 Å². The SMILES string of the molecule is Cc1c(Cl)cc(CCBr)c(Cl)c1Cl. The first-order valence-electron chi connectivity index (χ1n) is 3.77. The largest absolute Gasteiger partial charge is 0.0924 e. The zero-order valence-electron chi connectivity index (χ0n) is 7.00. The number of halogens is 4. The van der Waals surface area contributed by atoms with Crippen LogP contribution in [0.2, 0.25) is 15.1 Å². The van der Waals surface area contributed by atoms with Crippen LogP contribution in [0.4, 0.5) is 0 Å². The second-order valence-electron chi connectivity index (χ2n) is 2.71. The number of benzene rings is 1. The van der Waals surface area contributed by atoms with Crippen LogP contribution >= 0.6 is 50.7 Å². The van der Waals surface area contributed by atoms with Crippen LogP contribution in [0, 0.1) is 6.92 Å². The number of alkyl halides is 1. The average Bonchev–Trinajstić information content (AvgIpc) is 2.11. The maximum atomic E-state index is 6.04. The van der Waals surface area contributed by atoms with Crippen molar-refractivity contribution in [3.8, 4) is 0 Å². The fourth-order valence-electron chi connectivity index (χ4n) is 1.02. The molecular formula is C9H8BrCl3. The van der Waals surface area contributed by atoms with Crippen molar-refractivity contribution in [2.24, 2.45) is 0 Å². The highest BCUT2D eigenvalue weighted by Crippen LogP contribution is 2.34. The molecule has 1 rings (SSSR count). The predicted octanol–water partition coefficient (Wildman–Crippen LogP) is 4.89. The Morgan fingerprint density at radius 2 is 1.85 bits per heavy atom. The molecule has 0 fully saturated rings. The summed E-state index contributed by atoms with van der Waals surface area (Å²) in [4.78, 5) is 0. The smallest absolute Gasteiger partial charge is 0.0639 e. The highest BCUT2D eigenvalue weighted by Gasteiger charge is 2.10. The first-order chi connectivity index (χ1) is 6.07. The molecule has 72 valence electrons. The van der Waals surface area contributed by atoms with Crippen LogP contribution in [0.25, 0.3) is 0 Å². The second-order valence-corrected chi connectivity index (χ2v) is 4.67. The van der Waals surface area contributed by atoms with Crippen molar-refractivity contribution >= 4 is 50.7 Å². The van der Waals surface area contributed by atoms with E-state index in [9.17, 15) is 0 Å². The van der Waals surface area contributed by atoms with E-state index in [0.717, 1.165) is 22.9 Å². The standard InChI is InChI=1S/C9H8BrCl3/c1-5-7(11)4-6(2-3-10)9(13)8(5)12/h4H,2-3H2,1H3. The van der Waals surface area contributed by atoms with Gasteiger partial charge >= 0.3 is 0 Å². The van der Waals surface area contributed by atoms with E-state index in [0.29, 0.717) is 15.1 Å². The maximum absolute atomic E-state index is 6.04. The van der Waals surface area contributed by atoms with Crippen LogP contribution in [-0.4, -0.2) is 5.33 Å². The van der Waals surface area contributed by atoms with Gasteiger partial charge in [0.1, 0.15) is 0 Å². The van der Waals surface area contributed by atoms with E-state index in [1.807, 2.05) is 13.0 Å². The summed E-state index contributed by atoms with van der Waals surface area (Å²) in [6, 6.07) is 1.87. The second kappa shape index (κ2) is 4.88. The molecule has 0 spiro atoms. The van der Waals surface area contributed by atoms with Crippen LogP contribution in [0.5, 0.6) is 0 Å². The molecule has 0 saturated heterocycles. The van der Waals surface area contributed by atoms with Crippen molar-refractivity contribution in [3.05, 3.63) is 32.3 Å². The van der Waals surface area contributed by atoms with E-state index in [4.69, 9.17) is 34.8 Å². The third-order valence-electron chi connectivity index (χ3n) is 1.83. The van der Waals surface area contributed by atoms with E-state index in [1.165, 1.54) is 0 Å². The van der Waals surface area contributed by atoms with Crippen molar-refractivity contribution in [3.63, 3.8) is 0 Å². The van der Waals surface area contributed by atoms with Crippen LogP contribution in [0.3, 0.4) is 0 Å². The summed E-state index contributed by atoms with van der Waals surface area (Å²) in [6.45, 7) is 1.86. The van der Waals surface area contributed by atoms with Crippen LogP contribution in [0.1, 0.15) is 11.1 Å². The molecule has 1 aromatic carbocycles. The minimum Gasteiger partial charge on any atom is -0.0924 e. The van der Waals surface area contributed by atoms with Gasteiger partial charge in [-0.15, -0.1) is 0 Å². The lowest BCUT2D eigenvalue weighted by atomic mass is 10.1. The lowest BCUT2D eigenvalue weighted by Crippen LogP contribution is -1.91. The summed E-state index contributed by atoms with van der Waals surface area (Å²) in [5.74, 6) is 0. The summed E-state index contributed by atoms with van der Waals surface area (Å²) < 4.78 is 0. The molecule has 0 aliphatic rings. The zero-order chi connectivity index (χ0) is 10.0. The fourth-order valence-corrected chi connectivity index (χ4v) is 2.23. The van der Waals surface area contributed by atoms with Gasteiger partial charge in [-0.05, 0) is 30.5 Å².